The molecule has 2 N–H and O–H groups in total. The number of aromatic hydroxyl groups is 1. The quantitative estimate of drug-likeness (QED) is 0.302. The van der Waals surface area contributed by atoms with E-state index in [-0.39, 0.29) is 22.8 Å². The first-order valence-corrected chi connectivity index (χ1v) is 12.7. The van der Waals surface area contributed by atoms with Crippen molar-refractivity contribution in [1.29, 1.82) is 0 Å². The first-order valence-electron chi connectivity index (χ1n) is 12.0. The third-order valence-corrected chi connectivity index (χ3v) is 7.36. The van der Waals surface area contributed by atoms with Gasteiger partial charge in [-0.2, -0.15) is 0 Å². The maximum absolute atomic E-state index is 13.4. The molecular formula is C27H31BrN2O6. The predicted octanol–water partition coefficient (Wildman–Crippen LogP) is 3.92. The van der Waals surface area contributed by atoms with E-state index in [9.17, 15) is 19.8 Å². The average molecular weight is 559 g/mol. The zero-order valence-corrected chi connectivity index (χ0v) is 22.3. The number of morpholine rings is 1. The molecule has 0 bridgehead atoms. The molecule has 0 spiro atoms. The standard InChI is InChI=1S/C27H31BrN2O6/c1-16-5-6-17(2)19(13-16)24(31)22-23(18-14-20(28)25(32)21(15-18)35-3)30(27(34)26(22)33)8-4-7-29-9-11-36-12-10-29/h5-6,13-15,23,31-32H,4,7-12H2,1-3H3/b24-22+. The lowest BCUT2D eigenvalue weighted by atomic mass is 9.93. The SMILES string of the molecule is COc1cc(C2/C(=C(\O)c3cc(C)ccc3C)C(=O)C(=O)N2CCCN2CCOCC2)cc(Br)c1O. The number of aryl methyl sites for hydroxylation is 2. The number of aliphatic hydroxyl groups excluding tert-OH is 1. The van der Waals surface area contributed by atoms with Crippen molar-refractivity contribution in [3.05, 3.63) is 62.6 Å². The fourth-order valence-corrected chi connectivity index (χ4v) is 5.25. The van der Waals surface area contributed by atoms with Crippen LogP contribution in [0.25, 0.3) is 5.76 Å². The number of carbonyl (C=O) groups excluding carboxylic acids is 2. The summed E-state index contributed by atoms with van der Waals surface area (Å²) >= 11 is 3.35. The lowest BCUT2D eigenvalue weighted by molar-refractivity contribution is -0.140. The molecule has 192 valence electrons. The number of phenolic OH excluding ortho intramolecular Hbond substituents is 1. The molecule has 8 nitrogen and oxygen atoms in total. The lowest BCUT2D eigenvalue weighted by Gasteiger charge is -2.29. The fourth-order valence-electron chi connectivity index (χ4n) is 4.79. The van der Waals surface area contributed by atoms with Crippen LogP contribution < -0.4 is 4.74 Å². The van der Waals surface area contributed by atoms with Crippen LogP contribution in [0.4, 0.5) is 0 Å². The average Bonchev–Trinajstić information content (AvgIpc) is 3.12. The second-order valence-corrected chi connectivity index (χ2v) is 10.0. The molecule has 1 amide bonds. The lowest BCUT2D eigenvalue weighted by Crippen LogP contribution is -2.39. The highest BCUT2D eigenvalue weighted by Gasteiger charge is 2.46. The van der Waals surface area contributed by atoms with Gasteiger partial charge in [-0.15, -0.1) is 0 Å². The van der Waals surface area contributed by atoms with Crippen LogP contribution in [-0.2, 0) is 14.3 Å². The number of hydrogen-bond donors (Lipinski definition) is 2. The van der Waals surface area contributed by atoms with Crippen LogP contribution in [0.3, 0.4) is 0 Å². The Labute approximate surface area is 219 Å². The summed E-state index contributed by atoms with van der Waals surface area (Å²) in [6, 6.07) is 8.02. The van der Waals surface area contributed by atoms with Gasteiger partial charge in [-0.05, 0) is 65.5 Å². The van der Waals surface area contributed by atoms with Crippen molar-refractivity contribution in [2.24, 2.45) is 0 Å². The molecule has 2 aliphatic rings. The third-order valence-electron chi connectivity index (χ3n) is 6.75. The summed E-state index contributed by atoms with van der Waals surface area (Å²) in [4.78, 5) is 30.4. The van der Waals surface area contributed by atoms with Crippen molar-refractivity contribution < 1.29 is 29.3 Å². The molecule has 0 radical (unpaired) electrons. The Hall–Kier alpha value is -2.88. The Bertz CT molecular complexity index is 1200. The molecule has 0 saturated carbocycles. The molecule has 36 heavy (non-hydrogen) atoms. The number of phenols is 1. The van der Waals surface area contributed by atoms with Crippen LogP contribution in [0, 0.1) is 13.8 Å². The van der Waals surface area contributed by atoms with Gasteiger partial charge in [0.15, 0.2) is 11.5 Å². The summed E-state index contributed by atoms with van der Waals surface area (Å²) in [6.45, 7) is 7.87. The summed E-state index contributed by atoms with van der Waals surface area (Å²) in [6.07, 6.45) is 0.656. The summed E-state index contributed by atoms with van der Waals surface area (Å²) in [5.74, 6) is -1.48. The second kappa shape index (κ2) is 11.0. The van der Waals surface area contributed by atoms with Crippen LogP contribution in [-0.4, -0.2) is 78.2 Å². The molecule has 0 aliphatic carbocycles. The van der Waals surface area contributed by atoms with Crippen molar-refractivity contribution in [3.8, 4) is 11.5 Å². The minimum atomic E-state index is -0.833. The van der Waals surface area contributed by atoms with E-state index in [0.29, 0.717) is 41.8 Å². The number of hydrogen-bond acceptors (Lipinski definition) is 7. The van der Waals surface area contributed by atoms with E-state index in [4.69, 9.17) is 9.47 Å². The summed E-state index contributed by atoms with van der Waals surface area (Å²) in [5.41, 5.74) is 2.80. The van der Waals surface area contributed by atoms with Crippen LogP contribution in [0.5, 0.6) is 11.5 Å². The van der Waals surface area contributed by atoms with E-state index >= 15 is 0 Å². The molecule has 1 unspecified atom stereocenters. The molecular weight excluding hydrogens is 528 g/mol. The van der Waals surface area contributed by atoms with Crippen LogP contribution >= 0.6 is 15.9 Å². The number of likely N-dealkylation sites (tertiary alicyclic amines) is 1. The highest BCUT2D eigenvalue weighted by atomic mass is 79.9. The smallest absolute Gasteiger partial charge is 0.295 e. The van der Waals surface area contributed by atoms with Crippen molar-refractivity contribution in [2.45, 2.75) is 26.3 Å². The predicted molar refractivity (Wildman–Crippen MR) is 139 cm³/mol. The maximum Gasteiger partial charge on any atom is 0.295 e. The van der Waals surface area contributed by atoms with E-state index < -0.39 is 17.7 Å². The van der Waals surface area contributed by atoms with Gasteiger partial charge in [-0.3, -0.25) is 14.5 Å². The fraction of sp³-hybridized carbons (Fsp3) is 0.407. The molecule has 0 aromatic heterocycles. The van der Waals surface area contributed by atoms with E-state index in [0.717, 1.165) is 30.8 Å². The molecule has 4 rings (SSSR count). The monoisotopic (exact) mass is 558 g/mol. The van der Waals surface area contributed by atoms with Gasteiger partial charge in [0.2, 0.25) is 0 Å². The Kier molecular flexibility index (Phi) is 8.02. The zero-order chi connectivity index (χ0) is 26.0. The third kappa shape index (κ3) is 5.14. The molecule has 2 heterocycles. The van der Waals surface area contributed by atoms with Gasteiger partial charge in [0, 0.05) is 31.7 Å². The molecule has 1 atom stereocenters. The van der Waals surface area contributed by atoms with Crippen molar-refractivity contribution >= 4 is 33.4 Å². The van der Waals surface area contributed by atoms with Gasteiger partial charge >= 0.3 is 0 Å². The van der Waals surface area contributed by atoms with Gasteiger partial charge in [-0.1, -0.05) is 17.7 Å². The van der Waals surface area contributed by atoms with Crippen molar-refractivity contribution in [1.82, 2.24) is 9.80 Å². The second-order valence-electron chi connectivity index (χ2n) is 9.17. The van der Waals surface area contributed by atoms with Gasteiger partial charge in [-0.25, -0.2) is 0 Å². The van der Waals surface area contributed by atoms with Crippen LogP contribution in [0.1, 0.15) is 34.7 Å². The number of halogens is 1. The highest BCUT2D eigenvalue weighted by molar-refractivity contribution is 9.10. The molecule has 9 heteroatoms. The highest BCUT2D eigenvalue weighted by Crippen LogP contribution is 2.44. The number of benzene rings is 2. The van der Waals surface area contributed by atoms with E-state index in [2.05, 4.69) is 20.8 Å². The Morgan fingerprint density at radius 3 is 2.56 bits per heavy atom. The summed E-state index contributed by atoms with van der Waals surface area (Å²) in [5, 5.41) is 21.8. The number of methoxy groups -OCH3 is 1. The van der Waals surface area contributed by atoms with E-state index in [1.165, 1.54) is 12.0 Å². The van der Waals surface area contributed by atoms with E-state index in [1.807, 2.05) is 26.0 Å². The van der Waals surface area contributed by atoms with Crippen molar-refractivity contribution in [3.63, 3.8) is 0 Å². The Balaban J connectivity index is 1.78. The first-order chi connectivity index (χ1) is 17.2. The summed E-state index contributed by atoms with van der Waals surface area (Å²) < 4.78 is 11.1. The molecule has 2 aliphatic heterocycles. The van der Waals surface area contributed by atoms with Gasteiger partial charge < -0.3 is 24.6 Å². The molecule has 2 fully saturated rings. The number of amides is 1. The molecule has 2 saturated heterocycles. The number of aliphatic hydroxyl groups is 1. The number of ether oxygens (including phenoxy) is 2. The van der Waals surface area contributed by atoms with Gasteiger partial charge in [0.1, 0.15) is 5.76 Å². The van der Waals surface area contributed by atoms with Gasteiger partial charge in [0.05, 0.1) is 36.4 Å². The number of ketones is 1. The number of carbonyl (C=O) groups is 2. The molecule has 2 aromatic rings. The topological polar surface area (TPSA) is 99.5 Å². The normalized spacial score (nSPS) is 20.2. The Morgan fingerprint density at radius 2 is 1.86 bits per heavy atom. The molecule has 2 aromatic carbocycles. The minimum Gasteiger partial charge on any atom is -0.507 e. The number of rotatable bonds is 7. The Morgan fingerprint density at radius 1 is 1.14 bits per heavy atom. The van der Waals surface area contributed by atoms with E-state index in [1.54, 1.807) is 18.2 Å². The van der Waals surface area contributed by atoms with Crippen LogP contribution in [0.2, 0.25) is 0 Å². The largest absolute Gasteiger partial charge is 0.507 e. The number of nitrogens with zero attached hydrogens (tertiary/aromatic N) is 2. The first kappa shape index (κ1) is 26.2. The minimum absolute atomic E-state index is 0.0275. The van der Waals surface area contributed by atoms with Crippen molar-refractivity contribution in [2.75, 3.05) is 46.5 Å². The maximum atomic E-state index is 13.4. The van der Waals surface area contributed by atoms with Crippen LogP contribution in [0.15, 0.2) is 40.4 Å². The number of Topliss-reactive ketones (excluding diaryl/α,β-unsaturated/α-hetero) is 1. The zero-order valence-electron chi connectivity index (χ0n) is 20.7. The van der Waals surface area contributed by atoms with Gasteiger partial charge in [0.25, 0.3) is 11.7 Å². The summed E-state index contributed by atoms with van der Waals surface area (Å²) in [7, 11) is 1.43.